The van der Waals surface area contributed by atoms with Gasteiger partial charge in [-0.05, 0) is 19.3 Å². The number of nitrogens with two attached hydrogens (primary N) is 1. The van der Waals surface area contributed by atoms with Crippen molar-refractivity contribution in [1.82, 2.24) is 4.90 Å². The molecule has 1 fully saturated rings. The standard InChI is InChI=1S/C8H16N2O/c1-3-8(9)5-4-6-10(8)7(2)11/h3-6,9H2,1-2H3. The molecule has 1 rings (SSSR count). The lowest BCUT2D eigenvalue weighted by Gasteiger charge is -2.33. The van der Waals surface area contributed by atoms with Gasteiger partial charge in [0.05, 0.1) is 5.66 Å². The number of nitrogens with zero attached hydrogens (tertiary/aromatic N) is 1. The average Bonchev–Trinajstić information content (AvgIpc) is 2.32. The van der Waals surface area contributed by atoms with E-state index in [4.69, 9.17) is 5.73 Å². The fourth-order valence-electron chi connectivity index (χ4n) is 1.74. The summed E-state index contributed by atoms with van der Waals surface area (Å²) in [7, 11) is 0. The molecule has 0 aromatic rings. The molecule has 64 valence electrons. The Kier molecular flexibility index (Phi) is 2.18. The van der Waals surface area contributed by atoms with Crippen LogP contribution in [0.3, 0.4) is 0 Å². The van der Waals surface area contributed by atoms with Crippen molar-refractivity contribution >= 4 is 5.91 Å². The van der Waals surface area contributed by atoms with Gasteiger partial charge in [0.15, 0.2) is 0 Å². The second-order valence-electron chi connectivity index (χ2n) is 3.23. The minimum Gasteiger partial charge on any atom is -0.325 e. The minimum absolute atomic E-state index is 0.104. The Balaban J connectivity index is 2.72. The fraction of sp³-hybridized carbons (Fsp3) is 0.875. The van der Waals surface area contributed by atoms with Crippen LogP contribution in [-0.4, -0.2) is 23.0 Å². The summed E-state index contributed by atoms with van der Waals surface area (Å²) in [5.41, 5.74) is 5.67. The van der Waals surface area contributed by atoms with Gasteiger partial charge in [0.1, 0.15) is 0 Å². The van der Waals surface area contributed by atoms with E-state index in [9.17, 15) is 4.79 Å². The molecule has 3 nitrogen and oxygen atoms in total. The topological polar surface area (TPSA) is 46.3 Å². The molecule has 0 aromatic heterocycles. The molecular formula is C8H16N2O. The van der Waals surface area contributed by atoms with Crippen LogP contribution in [0, 0.1) is 0 Å². The van der Waals surface area contributed by atoms with E-state index in [0.717, 1.165) is 25.8 Å². The molecule has 1 atom stereocenters. The molecule has 1 aliphatic rings. The van der Waals surface area contributed by atoms with Crippen molar-refractivity contribution in [3.8, 4) is 0 Å². The molecule has 0 aliphatic carbocycles. The van der Waals surface area contributed by atoms with E-state index in [-0.39, 0.29) is 11.6 Å². The van der Waals surface area contributed by atoms with Gasteiger partial charge in [-0.3, -0.25) is 4.79 Å². The zero-order chi connectivity index (χ0) is 8.48. The van der Waals surface area contributed by atoms with Crippen LogP contribution in [0.2, 0.25) is 0 Å². The van der Waals surface area contributed by atoms with Crippen LogP contribution >= 0.6 is 0 Å². The second-order valence-corrected chi connectivity index (χ2v) is 3.23. The summed E-state index contributed by atoms with van der Waals surface area (Å²) in [4.78, 5) is 12.9. The molecule has 0 spiro atoms. The van der Waals surface area contributed by atoms with Crippen molar-refractivity contribution in [3.05, 3.63) is 0 Å². The minimum atomic E-state index is -0.341. The smallest absolute Gasteiger partial charge is 0.220 e. The number of carbonyl (C=O) groups excluding carboxylic acids is 1. The van der Waals surface area contributed by atoms with Crippen molar-refractivity contribution in [2.75, 3.05) is 6.54 Å². The number of hydrogen-bond acceptors (Lipinski definition) is 2. The highest BCUT2D eigenvalue weighted by molar-refractivity contribution is 5.74. The predicted octanol–water partition coefficient (Wildman–Crippen LogP) is 0.694. The summed E-state index contributed by atoms with van der Waals surface area (Å²) >= 11 is 0. The van der Waals surface area contributed by atoms with E-state index < -0.39 is 0 Å². The van der Waals surface area contributed by atoms with E-state index >= 15 is 0 Å². The first-order valence-corrected chi connectivity index (χ1v) is 4.17. The molecule has 3 heteroatoms. The zero-order valence-corrected chi connectivity index (χ0v) is 7.26. The van der Waals surface area contributed by atoms with E-state index in [1.165, 1.54) is 0 Å². The lowest BCUT2D eigenvalue weighted by Crippen LogP contribution is -2.53. The van der Waals surface area contributed by atoms with Crippen molar-refractivity contribution in [2.45, 2.75) is 38.8 Å². The van der Waals surface area contributed by atoms with Crippen molar-refractivity contribution in [3.63, 3.8) is 0 Å². The highest BCUT2D eigenvalue weighted by atomic mass is 16.2. The Morgan fingerprint density at radius 3 is 2.73 bits per heavy atom. The molecule has 1 amide bonds. The van der Waals surface area contributed by atoms with Crippen LogP contribution in [0.15, 0.2) is 0 Å². The maximum atomic E-state index is 11.1. The summed E-state index contributed by atoms with van der Waals surface area (Å²) < 4.78 is 0. The molecule has 0 bridgehead atoms. The van der Waals surface area contributed by atoms with Crippen molar-refractivity contribution in [1.29, 1.82) is 0 Å². The SMILES string of the molecule is CCC1(N)CCCN1C(C)=O. The Morgan fingerprint density at radius 1 is 1.73 bits per heavy atom. The zero-order valence-electron chi connectivity index (χ0n) is 7.26. The molecule has 1 saturated heterocycles. The maximum absolute atomic E-state index is 11.1. The molecule has 0 radical (unpaired) electrons. The van der Waals surface area contributed by atoms with Gasteiger partial charge in [0, 0.05) is 13.5 Å². The Hall–Kier alpha value is -0.570. The van der Waals surface area contributed by atoms with Gasteiger partial charge < -0.3 is 10.6 Å². The molecule has 1 heterocycles. The second kappa shape index (κ2) is 2.81. The third-order valence-corrected chi connectivity index (χ3v) is 2.52. The largest absolute Gasteiger partial charge is 0.325 e. The monoisotopic (exact) mass is 156 g/mol. The number of likely N-dealkylation sites (tertiary alicyclic amines) is 1. The van der Waals surface area contributed by atoms with Gasteiger partial charge in [-0.15, -0.1) is 0 Å². The molecule has 2 N–H and O–H groups in total. The van der Waals surface area contributed by atoms with Crippen LogP contribution in [0.25, 0.3) is 0 Å². The van der Waals surface area contributed by atoms with Gasteiger partial charge >= 0.3 is 0 Å². The number of amides is 1. The van der Waals surface area contributed by atoms with Crippen molar-refractivity contribution < 1.29 is 4.79 Å². The Bertz CT molecular complexity index is 169. The average molecular weight is 156 g/mol. The first-order valence-electron chi connectivity index (χ1n) is 4.17. The normalized spacial score (nSPS) is 31.0. The predicted molar refractivity (Wildman–Crippen MR) is 43.8 cm³/mol. The van der Waals surface area contributed by atoms with E-state index in [0.29, 0.717) is 0 Å². The maximum Gasteiger partial charge on any atom is 0.220 e. The van der Waals surface area contributed by atoms with Crippen LogP contribution in [0.1, 0.15) is 33.1 Å². The molecular weight excluding hydrogens is 140 g/mol. The van der Waals surface area contributed by atoms with Gasteiger partial charge in [-0.25, -0.2) is 0 Å². The van der Waals surface area contributed by atoms with E-state index in [2.05, 4.69) is 0 Å². The Labute approximate surface area is 67.5 Å². The molecule has 11 heavy (non-hydrogen) atoms. The van der Waals surface area contributed by atoms with Crippen LogP contribution in [-0.2, 0) is 4.79 Å². The molecule has 0 aromatic carbocycles. The summed E-state index contributed by atoms with van der Waals surface area (Å²) in [6, 6.07) is 0. The lowest BCUT2D eigenvalue weighted by molar-refractivity contribution is -0.132. The molecule has 0 saturated carbocycles. The summed E-state index contributed by atoms with van der Waals surface area (Å²) in [5, 5.41) is 0. The first-order chi connectivity index (χ1) is 5.10. The van der Waals surface area contributed by atoms with Crippen LogP contribution < -0.4 is 5.73 Å². The number of hydrogen-bond donors (Lipinski definition) is 1. The fourth-order valence-corrected chi connectivity index (χ4v) is 1.74. The van der Waals surface area contributed by atoms with Crippen molar-refractivity contribution in [2.24, 2.45) is 5.73 Å². The highest BCUT2D eigenvalue weighted by Gasteiger charge is 2.36. The van der Waals surface area contributed by atoms with Gasteiger partial charge in [-0.1, -0.05) is 6.92 Å². The first kappa shape index (κ1) is 8.53. The number of rotatable bonds is 1. The van der Waals surface area contributed by atoms with E-state index in [1.807, 2.05) is 6.92 Å². The Morgan fingerprint density at radius 2 is 2.36 bits per heavy atom. The summed E-state index contributed by atoms with van der Waals surface area (Å²) in [6.07, 6.45) is 2.85. The summed E-state index contributed by atoms with van der Waals surface area (Å²) in [6.45, 7) is 4.45. The molecule has 1 aliphatic heterocycles. The molecule has 1 unspecified atom stereocenters. The van der Waals surface area contributed by atoms with Gasteiger partial charge in [0.2, 0.25) is 5.91 Å². The lowest BCUT2D eigenvalue weighted by atomic mass is 10.1. The van der Waals surface area contributed by atoms with E-state index in [1.54, 1.807) is 11.8 Å². The number of carbonyl (C=O) groups is 1. The summed E-state index contributed by atoms with van der Waals surface area (Å²) in [5.74, 6) is 0.104. The third kappa shape index (κ3) is 1.38. The quantitative estimate of drug-likeness (QED) is 0.607. The highest BCUT2D eigenvalue weighted by Crippen LogP contribution is 2.26. The van der Waals surface area contributed by atoms with Crippen LogP contribution in [0.5, 0.6) is 0 Å². The third-order valence-electron chi connectivity index (χ3n) is 2.52. The van der Waals surface area contributed by atoms with Gasteiger partial charge in [-0.2, -0.15) is 0 Å². The van der Waals surface area contributed by atoms with Crippen LogP contribution in [0.4, 0.5) is 0 Å². The van der Waals surface area contributed by atoms with Gasteiger partial charge in [0.25, 0.3) is 0 Å².